The third kappa shape index (κ3) is 7.25. The van der Waals surface area contributed by atoms with Crippen molar-refractivity contribution in [3.8, 4) is 0 Å². The number of hydrogen-bond donors (Lipinski definition) is 1. The predicted molar refractivity (Wildman–Crippen MR) is 86.1 cm³/mol. The number of carbonyl (C=O) groups is 1. The molecule has 1 aromatic carbocycles. The lowest BCUT2D eigenvalue weighted by atomic mass is 10.2. The van der Waals surface area contributed by atoms with E-state index in [9.17, 15) is 4.79 Å². The first-order valence-corrected chi connectivity index (χ1v) is 7.81. The van der Waals surface area contributed by atoms with Gasteiger partial charge in [0.1, 0.15) is 6.61 Å². The molecule has 0 aromatic heterocycles. The highest BCUT2D eigenvalue weighted by atomic mass is 16.5. The minimum atomic E-state index is -0.144. The molecule has 0 aliphatic heterocycles. The molecule has 1 aromatic rings. The van der Waals surface area contributed by atoms with Crippen LogP contribution in [0.25, 0.3) is 0 Å². The monoisotopic (exact) mass is 292 g/mol. The third-order valence-electron chi connectivity index (χ3n) is 3.58. The number of carbonyl (C=O) groups excluding carboxylic acids is 1. The van der Waals surface area contributed by atoms with Crippen LogP contribution in [0.4, 0.5) is 0 Å². The zero-order chi connectivity index (χ0) is 15.5. The van der Waals surface area contributed by atoms with Gasteiger partial charge in [0, 0.05) is 19.6 Å². The highest BCUT2D eigenvalue weighted by Crippen LogP contribution is 2.04. The molecule has 1 atom stereocenters. The maximum atomic E-state index is 11.9. The summed E-state index contributed by atoms with van der Waals surface area (Å²) in [7, 11) is 0. The second-order valence-corrected chi connectivity index (χ2v) is 5.23. The summed E-state index contributed by atoms with van der Waals surface area (Å²) < 4.78 is 5.32. The average molecular weight is 292 g/mol. The number of esters is 1. The van der Waals surface area contributed by atoms with Crippen molar-refractivity contribution < 1.29 is 9.53 Å². The van der Waals surface area contributed by atoms with Gasteiger partial charge in [-0.25, -0.2) is 0 Å². The topological polar surface area (TPSA) is 41.6 Å². The van der Waals surface area contributed by atoms with Gasteiger partial charge >= 0.3 is 5.97 Å². The molecule has 1 unspecified atom stereocenters. The van der Waals surface area contributed by atoms with Crippen molar-refractivity contribution in [1.29, 1.82) is 0 Å². The molecule has 0 amide bonds. The first-order valence-electron chi connectivity index (χ1n) is 7.81. The van der Waals surface area contributed by atoms with E-state index in [4.69, 9.17) is 4.74 Å². The van der Waals surface area contributed by atoms with Gasteiger partial charge in [0.15, 0.2) is 0 Å². The molecule has 0 fully saturated rings. The summed E-state index contributed by atoms with van der Waals surface area (Å²) >= 11 is 0. The highest BCUT2D eigenvalue weighted by molar-refractivity contribution is 5.72. The van der Waals surface area contributed by atoms with E-state index in [0.717, 1.165) is 31.7 Å². The number of ether oxygens (including phenoxy) is 1. The Labute approximate surface area is 128 Å². The summed E-state index contributed by atoms with van der Waals surface area (Å²) in [5.41, 5.74) is 1.02. The Kier molecular flexibility index (Phi) is 8.71. The van der Waals surface area contributed by atoms with Crippen molar-refractivity contribution in [3.63, 3.8) is 0 Å². The fourth-order valence-corrected chi connectivity index (χ4v) is 2.05. The van der Waals surface area contributed by atoms with E-state index >= 15 is 0 Å². The molecule has 0 aliphatic rings. The molecule has 0 saturated carbocycles. The fourth-order valence-electron chi connectivity index (χ4n) is 2.05. The Morgan fingerprint density at radius 1 is 1.24 bits per heavy atom. The standard InChI is InChI=1S/C17H28N2O2/c1-4-19(5-2)12-11-18-13-15(3)17(20)21-14-16-9-7-6-8-10-16/h6-10,15,18H,4-5,11-14H2,1-3H3. The lowest BCUT2D eigenvalue weighted by Gasteiger charge is -2.19. The molecule has 0 saturated heterocycles. The van der Waals surface area contributed by atoms with Crippen molar-refractivity contribution in [3.05, 3.63) is 35.9 Å². The molecule has 0 spiro atoms. The number of likely N-dealkylation sites (N-methyl/N-ethyl adjacent to an activating group) is 1. The van der Waals surface area contributed by atoms with Gasteiger partial charge in [-0.3, -0.25) is 4.79 Å². The largest absolute Gasteiger partial charge is 0.461 e. The Morgan fingerprint density at radius 3 is 2.52 bits per heavy atom. The van der Waals surface area contributed by atoms with Crippen LogP contribution in [0.3, 0.4) is 0 Å². The summed E-state index contributed by atoms with van der Waals surface area (Å²) in [5, 5.41) is 3.32. The van der Waals surface area contributed by atoms with Crippen LogP contribution in [-0.2, 0) is 16.1 Å². The molecular weight excluding hydrogens is 264 g/mol. The number of rotatable bonds is 10. The maximum Gasteiger partial charge on any atom is 0.310 e. The average Bonchev–Trinajstić information content (AvgIpc) is 2.53. The van der Waals surface area contributed by atoms with Gasteiger partial charge in [-0.05, 0) is 18.7 Å². The van der Waals surface area contributed by atoms with E-state index in [1.807, 2.05) is 37.3 Å². The Balaban J connectivity index is 2.16. The molecule has 0 radical (unpaired) electrons. The number of hydrogen-bond acceptors (Lipinski definition) is 4. The second-order valence-electron chi connectivity index (χ2n) is 5.23. The van der Waals surface area contributed by atoms with E-state index in [1.54, 1.807) is 0 Å². The molecule has 0 bridgehead atoms. The van der Waals surface area contributed by atoms with Crippen LogP contribution in [-0.4, -0.2) is 43.6 Å². The lowest BCUT2D eigenvalue weighted by Crippen LogP contribution is -2.35. The minimum Gasteiger partial charge on any atom is -0.461 e. The van der Waals surface area contributed by atoms with Gasteiger partial charge in [-0.1, -0.05) is 51.1 Å². The van der Waals surface area contributed by atoms with Crippen LogP contribution in [0.1, 0.15) is 26.3 Å². The Morgan fingerprint density at radius 2 is 1.90 bits per heavy atom. The van der Waals surface area contributed by atoms with Crippen molar-refractivity contribution in [1.82, 2.24) is 10.2 Å². The molecule has 4 heteroatoms. The molecular formula is C17H28N2O2. The van der Waals surface area contributed by atoms with Crippen molar-refractivity contribution >= 4 is 5.97 Å². The van der Waals surface area contributed by atoms with E-state index in [0.29, 0.717) is 13.2 Å². The van der Waals surface area contributed by atoms with Gasteiger partial charge in [-0.2, -0.15) is 0 Å². The van der Waals surface area contributed by atoms with Gasteiger partial charge in [0.2, 0.25) is 0 Å². The van der Waals surface area contributed by atoms with Gasteiger partial charge in [0.25, 0.3) is 0 Å². The number of nitrogens with zero attached hydrogens (tertiary/aromatic N) is 1. The summed E-state index contributed by atoms with van der Waals surface area (Å²) in [6.45, 7) is 11.3. The maximum absolute atomic E-state index is 11.9. The normalized spacial score (nSPS) is 12.4. The zero-order valence-corrected chi connectivity index (χ0v) is 13.5. The Bertz CT molecular complexity index is 391. The molecule has 0 heterocycles. The zero-order valence-electron chi connectivity index (χ0n) is 13.5. The predicted octanol–water partition coefficient (Wildman–Crippen LogP) is 2.30. The van der Waals surface area contributed by atoms with Crippen LogP contribution in [0.2, 0.25) is 0 Å². The van der Waals surface area contributed by atoms with Crippen molar-refractivity contribution in [2.24, 2.45) is 5.92 Å². The van der Waals surface area contributed by atoms with Gasteiger partial charge in [0.05, 0.1) is 5.92 Å². The summed E-state index contributed by atoms with van der Waals surface area (Å²) in [4.78, 5) is 14.2. The van der Waals surface area contributed by atoms with Crippen LogP contribution < -0.4 is 5.32 Å². The molecule has 1 rings (SSSR count). The lowest BCUT2D eigenvalue weighted by molar-refractivity contribution is -0.149. The second kappa shape index (κ2) is 10.4. The quantitative estimate of drug-likeness (QED) is 0.531. The fraction of sp³-hybridized carbons (Fsp3) is 0.588. The van der Waals surface area contributed by atoms with Crippen LogP contribution >= 0.6 is 0 Å². The number of benzene rings is 1. The summed E-state index contributed by atoms with van der Waals surface area (Å²) in [6.07, 6.45) is 0. The van der Waals surface area contributed by atoms with Crippen molar-refractivity contribution in [2.45, 2.75) is 27.4 Å². The van der Waals surface area contributed by atoms with E-state index < -0.39 is 0 Å². The first-order chi connectivity index (χ1) is 10.2. The molecule has 1 N–H and O–H groups in total. The highest BCUT2D eigenvalue weighted by Gasteiger charge is 2.14. The molecule has 21 heavy (non-hydrogen) atoms. The van der Waals surface area contributed by atoms with Crippen LogP contribution in [0, 0.1) is 5.92 Å². The smallest absolute Gasteiger partial charge is 0.310 e. The molecule has 4 nitrogen and oxygen atoms in total. The van der Waals surface area contributed by atoms with Crippen LogP contribution in [0.5, 0.6) is 0 Å². The SMILES string of the molecule is CCN(CC)CCNCC(C)C(=O)OCc1ccccc1. The first kappa shape index (κ1) is 17.7. The Hall–Kier alpha value is -1.39. The van der Waals surface area contributed by atoms with E-state index in [2.05, 4.69) is 24.1 Å². The minimum absolute atomic E-state index is 0.120. The summed E-state index contributed by atoms with van der Waals surface area (Å²) in [5.74, 6) is -0.264. The summed E-state index contributed by atoms with van der Waals surface area (Å²) in [6, 6.07) is 9.76. The molecule has 0 aliphatic carbocycles. The van der Waals surface area contributed by atoms with Gasteiger partial charge in [-0.15, -0.1) is 0 Å². The van der Waals surface area contributed by atoms with Crippen LogP contribution in [0.15, 0.2) is 30.3 Å². The van der Waals surface area contributed by atoms with Gasteiger partial charge < -0.3 is 15.0 Å². The molecule has 118 valence electrons. The number of nitrogens with one attached hydrogen (secondary N) is 1. The third-order valence-corrected chi connectivity index (χ3v) is 3.58. The van der Waals surface area contributed by atoms with E-state index in [1.165, 1.54) is 0 Å². The van der Waals surface area contributed by atoms with Crippen molar-refractivity contribution in [2.75, 3.05) is 32.7 Å². The van der Waals surface area contributed by atoms with E-state index in [-0.39, 0.29) is 11.9 Å².